The average molecular weight is 227 g/mol. The highest BCUT2D eigenvalue weighted by Crippen LogP contribution is 2.34. The maximum atomic E-state index is 5.33. The SMILES string of the molecule is CCOCCCCNC1CCCC(C)(C)C1. The van der Waals surface area contributed by atoms with Crippen LogP contribution in [0.2, 0.25) is 0 Å². The van der Waals surface area contributed by atoms with Crippen molar-refractivity contribution in [3.8, 4) is 0 Å². The third-order valence-electron chi connectivity index (χ3n) is 3.56. The van der Waals surface area contributed by atoms with Crippen molar-refractivity contribution in [1.29, 1.82) is 0 Å². The van der Waals surface area contributed by atoms with Crippen LogP contribution in [-0.4, -0.2) is 25.8 Å². The van der Waals surface area contributed by atoms with Crippen molar-refractivity contribution >= 4 is 0 Å². The molecule has 0 aromatic heterocycles. The van der Waals surface area contributed by atoms with Gasteiger partial charge >= 0.3 is 0 Å². The van der Waals surface area contributed by atoms with Gasteiger partial charge in [0.25, 0.3) is 0 Å². The smallest absolute Gasteiger partial charge is 0.0466 e. The van der Waals surface area contributed by atoms with E-state index in [4.69, 9.17) is 4.74 Å². The minimum atomic E-state index is 0.557. The van der Waals surface area contributed by atoms with Gasteiger partial charge in [-0.3, -0.25) is 0 Å². The van der Waals surface area contributed by atoms with Gasteiger partial charge in [-0.05, 0) is 51.0 Å². The lowest BCUT2D eigenvalue weighted by atomic mass is 9.75. The number of nitrogens with one attached hydrogen (secondary N) is 1. The second-order valence-electron chi connectivity index (χ2n) is 5.82. The minimum Gasteiger partial charge on any atom is -0.382 e. The summed E-state index contributed by atoms with van der Waals surface area (Å²) >= 11 is 0. The summed E-state index contributed by atoms with van der Waals surface area (Å²) in [5.41, 5.74) is 0.557. The minimum absolute atomic E-state index is 0.557. The van der Waals surface area contributed by atoms with Crippen LogP contribution >= 0.6 is 0 Å². The van der Waals surface area contributed by atoms with E-state index in [0.717, 1.165) is 25.8 Å². The molecule has 0 heterocycles. The molecule has 0 aromatic carbocycles. The zero-order valence-electron chi connectivity index (χ0n) is 11.3. The Morgan fingerprint density at radius 1 is 1.31 bits per heavy atom. The molecule has 1 fully saturated rings. The number of ether oxygens (including phenoxy) is 1. The first kappa shape index (κ1) is 14.0. The molecule has 96 valence electrons. The molecule has 1 unspecified atom stereocenters. The van der Waals surface area contributed by atoms with Gasteiger partial charge in [0.2, 0.25) is 0 Å². The van der Waals surface area contributed by atoms with E-state index >= 15 is 0 Å². The number of rotatable bonds is 7. The Morgan fingerprint density at radius 2 is 2.12 bits per heavy atom. The van der Waals surface area contributed by atoms with Crippen LogP contribution < -0.4 is 5.32 Å². The van der Waals surface area contributed by atoms with Crippen LogP contribution in [0.4, 0.5) is 0 Å². The molecule has 2 heteroatoms. The molecule has 0 bridgehead atoms. The molecule has 0 aliphatic heterocycles. The average Bonchev–Trinajstić information content (AvgIpc) is 2.22. The number of unbranched alkanes of at least 4 members (excludes halogenated alkanes) is 1. The van der Waals surface area contributed by atoms with Gasteiger partial charge in [0.15, 0.2) is 0 Å². The standard InChI is InChI=1S/C14H29NO/c1-4-16-11-6-5-10-15-13-8-7-9-14(2,3)12-13/h13,15H,4-12H2,1-3H3. The van der Waals surface area contributed by atoms with Crippen molar-refractivity contribution in [2.24, 2.45) is 5.41 Å². The second-order valence-corrected chi connectivity index (χ2v) is 5.82. The fourth-order valence-corrected chi connectivity index (χ4v) is 2.65. The van der Waals surface area contributed by atoms with Crippen LogP contribution in [0, 0.1) is 5.41 Å². The van der Waals surface area contributed by atoms with Crippen molar-refractivity contribution in [3.05, 3.63) is 0 Å². The van der Waals surface area contributed by atoms with Crippen LogP contribution in [0.25, 0.3) is 0 Å². The lowest BCUT2D eigenvalue weighted by molar-refractivity contribution is 0.142. The first-order valence-electron chi connectivity index (χ1n) is 6.95. The van der Waals surface area contributed by atoms with Crippen molar-refractivity contribution in [2.75, 3.05) is 19.8 Å². The van der Waals surface area contributed by atoms with Crippen LogP contribution in [0.5, 0.6) is 0 Å². The van der Waals surface area contributed by atoms with E-state index in [0.29, 0.717) is 5.41 Å². The first-order chi connectivity index (χ1) is 7.64. The summed E-state index contributed by atoms with van der Waals surface area (Å²) in [5, 5.41) is 3.70. The lowest BCUT2D eigenvalue weighted by Crippen LogP contribution is -2.37. The molecule has 1 aliphatic carbocycles. The Labute approximate surface area is 101 Å². The van der Waals surface area contributed by atoms with Crippen LogP contribution in [-0.2, 0) is 4.74 Å². The Hall–Kier alpha value is -0.0800. The monoisotopic (exact) mass is 227 g/mol. The molecular weight excluding hydrogens is 198 g/mol. The molecular formula is C14H29NO. The first-order valence-corrected chi connectivity index (χ1v) is 6.95. The fraction of sp³-hybridized carbons (Fsp3) is 1.00. The zero-order chi connectivity index (χ0) is 11.9. The van der Waals surface area contributed by atoms with Gasteiger partial charge in [-0.2, -0.15) is 0 Å². The predicted octanol–water partition coefficient (Wildman–Crippen LogP) is 3.36. The summed E-state index contributed by atoms with van der Waals surface area (Å²) < 4.78 is 5.33. The van der Waals surface area contributed by atoms with Crippen LogP contribution in [0.3, 0.4) is 0 Å². The third-order valence-corrected chi connectivity index (χ3v) is 3.56. The van der Waals surface area contributed by atoms with E-state index in [9.17, 15) is 0 Å². The van der Waals surface area contributed by atoms with Crippen molar-refractivity contribution in [2.45, 2.75) is 65.3 Å². The summed E-state index contributed by atoms with van der Waals surface area (Å²) in [6.07, 6.45) is 7.94. The molecule has 0 radical (unpaired) electrons. The molecule has 1 rings (SSSR count). The van der Waals surface area contributed by atoms with Crippen LogP contribution in [0.1, 0.15) is 59.3 Å². The van der Waals surface area contributed by atoms with Gasteiger partial charge in [0.05, 0.1) is 0 Å². The molecule has 16 heavy (non-hydrogen) atoms. The van der Waals surface area contributed by atoms with Gasteiger partial charge in [-0.15, -0.1) is 0 Å². The molecule has 1 aliphatic rings. The molecule has 1 N–H and O–H groups in total. The predicted molar refractivity (Wildman–Crippen MR) is 69.8 cm³/mol. The maximum Gasteiger partial charge on any atom is 0.0466 e. The third kappa shape index (κ3) is 5.86. The highest BCUT2D eigenvalue weighted by Gasteiger charge is 2.27. The van der Waals surface area contributed by atoms with Crippen molar-refractivity contribution in [3.63, 3.8) is 0 Å². The van der Waals surface area contributed by atoms with E-state index in [2.05, 4.69) is 26.1 Å². The van der Waals surface area contributed by atoms with Gasteiger partial charge in [-0.1, -0.05) is 20.3 Å². The van der Waals surface area contributed by atoms with Gasteiger partial charge in [-0.25, -0.2) is 0 Å². The van der Waals surface area contributed by atoms with Gasteiger partial charge < -0.3 is 10.1 Å². The summed E-state index contributed by atoms with van der Waals surface area (Å²) in [4.78, 5) is 0. The summed E-state index contributed by atoms with van der Waals surface area (Å²) in [7, 11) is 0. The Balaban J connectivity index is 2.00. The van der Waals surface area contributed by atoms with Crippen LogP contribution in [0.15, 0.2) is 0 Å². The molecule has 0 amide bonds. The summed E-state index contributed by atoms with van der Waals surface area (Å²) in [6, 6.07) is 0.760. The molecule has 0 aromatic rings. The normalized spacial score (nSPS) is 24.6. The Morgan fingerprint density at radius 3 is 2.81 bits per heavy atom. The lowest BCUT2D eigenvalue weighted by Gasteiger charge is -2.35. The highest BCUT2D eigenvalue weighted by atomic mass is 16.5. The maximum absolute atomic E-state index is 5.33. The van der Waals surface area contributed by atoms with E-state index in [1.807, 2.05) is 0 Å². The van der Waals surface area contributed by atoms with E-state index in [-0.39, 0.29) is 0 Å². The van der Waals surface area contributed by atoms with E-state index < -0.39 is 0 Å². The Kier molecular flexibility index (Phi) is 6.37. The van der Waals surface area contributed by atoms with E-state index in [1.165, 1.54) is 38.5 Å². The van der Waals surface area contributed by atoms with Crippen molar-refractivity contribution in [1.82, 2.24) is 5.32 Å². The molecule has 2 nitrogen and oxygen atoms in total. The quantitative estimate of drug-likeness (QED) is 0.673. The largest absolute Gasteiger partial charge is 0.382 e. The van der Waals surface area contributed by atoms with Gasteiger partial charge in [0.1, 0.15) is 0 Å². The topological polar surface area (TPSA) is 21.3 Å². The van der Waals surface area contributed by atoms with Gasteiger partial charge in [0, 0.05) is 19.3 Å². The highest BCUT2D eigenvalue weighted by molar-refractivity contribution is 4.83. The Bertz CT molecular complexity index is 180. The summed E-state index contributed by atoms with van der Waals surface area (Å²) in [6.45, 7) is 9.79. The fourth-order valence-electron chi connectivity index (χ4n) is 2.65. The molecule has 0 spiro atoms. The summed E-state index contributed by atoms with van der Waals surface area (Å²) in [5.74, 6) is 0. The van der Waals surface area contributed by atoms with Crippen molar-refractivity contribution < 1.29 is 4.74 Å². The molecule has 0 saturated heterocycles. The molecule has 1 atom stereocenters. The number of hydrogen-bond donors (Lipinski definition) is 1. The van der Waals surface area contributed by atoms with E-state index in [1.54, 1.807) is 0 Å². The zero-order valence-corrected chi connectivity index (χ0v) is 11.3. The number of hydrogen-bond acceptors (Lipinski definition) is 2. The second kappa shape index (κ2) is 7.29. The molecule has 1 saturated carbocycles.